The van der Waals surface area contributed by atoms with Crippen LogP contribution in [0.15, 0.2) is 78.3 Å². The summed E-state index contributed by atoms with van der Waals surface area (Å²) < 4.78 is 13.1. The molecular formula is C30H29BO3. The number of fused-ring (bicyclic) bond motifs is 8. The highest BCUT2D eigenvalue weighted by Crippen LogP contribution is 2.55. The fraction of sp³-hybridized carbons (Fsp3) is 0.267. The molecule has 1 N–H and O–H groups in total. The second-order valence-electron chi connectivity index (χ2n) is 10.6. The third-order valence-corrected chi connectivity index (χ3v) is 7.87. The van der Waals surface area contributed by atoms with E-state index in [2.05, 4.69) is 78.9 Å². The van der Waals surface area contributed by atoms with Crippen molar-refractivity contribution < 1.29 is 14.5 Å². The second kappa shape index (κ2) is 7.46. The molecule has 2 unspecified atom stereocenters. The Morgan fingerprint density at radius 2 is 1.53 bits per heavy atom. The molecule has 0 spiro atoms. The first kappa shape index (κ1) is 21.5. The Balaban J connectivity index is 1.52. The highest BCUT2D eigenvalue weighted by Gasteiger charge is 2.44. The maximum absolute atomic E-state index is 10.6. The zero-order valence-electron chi connectivity index (χ0n) is 20.1. The van der Waals surface area contributed by atoms with Crippen molar-refractivity contribution in [3.05, 3.63) is 95.0 Å². The van der Waals surface area contributed by atoms with Gasteiger partial charge in [0.05, 0.1) is 11.2 Å². The molecule has 0 saturated carbocycles. The molecule has 0 amide bonds. The van der Waals surface area contributed by atoms with Crippen LogP contribution < -0.4 is 4.74 Å². The minimum Gasteiger partial charge on any atom is -0.484 e. The molecule has 0 bridgehead atoms. The number of hydrogen-bond acceptors (Lipinski definition) is 3. The largest absolute Gasteiger partial charge is 0.484 e. The van der Waals surface area contributed by atoms with Crippen molar-refractivity contribution in [2.45, 2.75) is 50.9 Å². The lowest BCUT2D eigenvalue weighted by Crippen LogP contribution is -2.48. The Bertz CT molecular complexity index is 1460. The molecule has 6 rings (SSSR count). The van der Waals surface area contributed by atoms with E-state index in [1.54, 1.807) is 13.8 Å². The Hall–Kier alpha value is -3.08. The minimum atomic E-state index is -0.962. The summed E-state index contributed by atoms with van der Waals surface area (Å²) in [5, 5.41) is 15.5. The van der Waals surface area contributed by atoms with Gasteiger partial charge < -0.3 is 14.5 Å². The van der Waals surface area contributed by atoms with Crippen molar-refractivity contribution in [1.82, 2.24) is 0 Å². The summed E-state index contributed by atoms with van der Waals surface area (Å²) in [7, 11) is 0.431. The van der Waals surface area contributed by atoms with E-state index >= 15 is 0 Å². The second-order valence-corrected chi connectivity index (χ2v) is 10.6. The topological polar surface area (TPSA) is 38.7 Å². The fourth-order valence-corrected chi connectivity index (χ4v) is 5.19. The molecule has 2 atom stereocenters. The van der Waals surface area contributed by atoms with Crippen molar-refractivity contribution in [2.24, 2.45) is 0 Å². The Kier molecular flexibility index (Phi) is 4.71. The van der Waals surface area contributed by atoms with Gasteiger partial charge in [-0.15, -0.1) is 0 Å². The molecule has 1 aliphatic heterocycles. The smallest absolute Gasteiger partial charge is 0.306 e. The summed E-state index contributed by atoms with van der Waals surface area (Å²) in [6, 6.07) is 25.8. The first-order valence-electron chi connectivity index (χ1n) is 12.0. The van der Waals surface area contributed by atoms with Crippen LogP contribution in [0.1, 0.15) is 56.4 Å². The molecule has 1 heterocycles. The SMILES string of the molecule is CC(C)(O)C(C)(C)OBC1=Cc2ccc3ccccc3c2C2Oc3cc4ccccc4cc3C12. The molecule has 34 heavy (non-hydrogen) atoms. The van der Waals surface area contributed by atoms with Crippen molar-refractivity contribution in [2.75, 3.05) is 0 Å². The van der Waals surface area contributed by atoms with Gasteiger partial charge in [0.25, 0.3) is 0 Å². The van der Waals surface area contributed by atoms with Crippen LogP contribution in [-0.2, 0) is 4.65 Å². The monoisotopic (exact) mass is 448 g/mol. The standard InChI is InChI=1S/C30H29BO3/c1-29(2,32)30(3,4)34-31-24-16-21-14-13-18-9-7-8-12-22(18)26(21)28-27(24)23-15-19-10-5-6-11-20(19)17-25(23)33-28/h5-17,27-28,31-32H,1-4H3. The molecule has 4 aromatic rings. The fourth-order valence-electron chi connectivity index (χ4n) is 5.19. The molecule has 0 fully saturated rings. The van der Waals surface area contributed by atoms with E-state index in [9.17, 15) is 5.11 Å². The van der Waals surface area contributed by atoms with Crippen LogP contribution >= 0.6 is 0 Å². The van der Waals surface area contributed by atoms with E-state index in [1.165, 1.54) is 43.7 Å². The van der Waals surface area contributed by atoms with Crippen LogP contribution in [0.3, 0.4) is 0 Å². The number of rotatable bonds is 4. The normalized spacial score (nSPS) is 19.3. The number of aliphatic hydroxyl groups is 1. The lowest BCUT2D eigenvalue weighted by atomic mass is 9.66. The molecular weight excluding hydrogens is 419 g/mol. The van der Waals surface area contributed by atoms with Crippen LogP contribution in [0.4, 0.5) is 0 Å². The van der Waals surface area contributed by atoms with Crippen molar-refractivity contribution in [3.8, 4) is 5.75 Å². The summed E-state index contributed by atoms with van der Waals surface area (Å²) in [5.41, 5.74) is 3.15. The highest BCUT2D eigenvalue weighted by molar-refractivity contribution is 6.40. The van der Waals surface area contributed by atoms with Gasteiger partial charge in [-0.25, -0.2) is 0 Å². The molecule has 0 aromatic heterocycles. The molecule has 4 aromatic carbocycles. The Morgan fingerprint density at radius 1 is 0.853 bits per heavy atom. The van der Waals surface area contributed by atoms with Gasteiger partial charge in [-0.05, 0) is 66.9 Å². The predicted molar refractivity (Wildman–Crippen MR) is 141 cm³/mol. The van der Waals surface area contributed by atoms with Gasteiger partial charge in [0.15, 0.2) is 0 Å². The van der Waals surface area contributed by atoms with E-state index in [1.807, 2.05) is 13.8 Å². The van der Waals surface area contributed by atoms with E-state index in [0.29, 0.717) is 7.48 Å². The number of ether oxygens (including phenoxy) is 1. The van der Waals surface area contributed by atoms with E-state index in [4.69, 9.17) is 9.39 Å². The Morgan fingerprint density at radius 3 is 2.26 bits per heavy atom. The van der Waals surface area contributed by atoms with Crippen LogP contribution in [-0.4, -0.2) is 23.8 Å². The van der Waals surface area contributed by atoms with Crippen LogP contribution in [0.2, 0.25) is 0 Å². The lowest BCUT2D eigenvalue weighted by molar-refractivity contribution is -0.0898. The summed E-state index contributed by atoms with van der Waals surface area (Å²) >= 11 is 0. The van der Waals surface area contributed by atoms with Gasteiger partial charge in [-0.3, -0.25) is 0 Å². The maximum Gasteiger partial charge on any atom is 0.306 e. The zero-order chi connectivity index (χ0) is 23.7. The molecule has 170 valence electrons. The summed E-state index contributed by atoms with van der Waals surface area (Å²) in [5.74, 6) is 1.01. The van der Waals surface area contributed by atoms with Gasteiger partial charge in [0.2, 0.25) is 0 Å². The average Bonchev–Trinajstić information content (AvgIpc) is 3.18. The average molecular weight is 448 g/mol. The van der Waals surface area contributed by atoms with Crippen LogP contribution in [0.25, 0.3) is 27.6 Å². The van der Waals surface area contributed by atoms with E-state index in [0.717, 1.165) is 5.75 Å². The van der Waals surface area contributed by atoms with Gasteiger partial charge in [-0.1, -0.05) is 72.2 Å². The quantitative estimate of drug-likeness (QED) is 0.363. The lowest BCUT2D eigenvalue weighted by Gasteiger charge is -2.39. The third-order valence-electron chi connectivity index (χ3n) is 7.87. The summed E-state index contributed by atoms with van der Waals surface area (Å²) in [6.45, 7) is 7.49. The van der Waals surface area contributed by atoms with Crippen LogP contribution in [0.5, 0.6) is 5.75 Å². The van der Waals surface area contributed by atoms with E-state index in [-0.39, 0.29) is 12.0 Å². The summed E-state index contributed by atoms with van der Waals surface area (Å²) in [6.07, 6.45) is 2.17. The minimum absolute atomic E-state index is 0.0653. The first-order chi connectivity index (χ1) is 16.2. The van der Waals surface area contributed by atoms with Gasteiger partial charge in [-0.2, -0.15) is 0 Å². The third kappa shape index (κ3) is 3.28. The zero-order valence-corrected chi connectivity index (χ0v) is 20.1. The maximum atomic E-state index is 10.6. The highest BCUT2D eigenvalue weighted by atomic mass is 16.5. The van der Waals surface area contributed by atoms with Gasteiger partial charge >= 0.3 is 7.48 Å². The van der Waals surface area contributed by atoms with Crippen molar-refractivity contribution in [3.63, 3.8) is 0 Å². The molecule has 4 heteroatoms. The molecule has 0 saturated heterocycles. The predicted octanol–water partition coefficient (Wildman–Crippen LogP) is 6.48. The number of benzene rings is 4. The molecule has 1 aliphatic carbocycles. The molecule has 0 radical (unpaired) electrons. The van der Waals surface area contributed by atoms with Gasteiger partial charge in [0, 0.05) is 17.0 Å². The van der Waals surface area contributed by atoms with Crippen molar-refractivity contribution in [1.29, 1.82) is 0 Å². The van der Waals surface area contributed by atoms with Gasteiger partial charge in [0.1, 0.15) is 11.9 Å². The van der Waals surface area contributed by atoms with Crippen LogP contribution in [0, 0.1) is 0 Å². The first-order valence-corrected chi connectivity index (χ1v) is 12.0. The van der Waals surface area contributed by atoms with E-state index < -0.39 is 11.2 Å². The van der Waals surface area contributed by atoms with Crippen molar-refractivity contribution >= 4 is 35.1 Å². The molecule has 3 nitrogen and oxygen atoms in total. The molecule has 2 aliphatic rings. The number of hydrogen-bond donors (Lipinski definition) is 1. The Labute approximate surface area is 201 Å². The summed E-state index contributed by atoms with van der Waals surface area (Å²) in [4.78, 5) is 0.